The molecule has 0 heterocycles. The van der Waals surface area contributed by atoms with E-state index in [2.05, 4.69) is 67.5 Å². The van der Waals surface area contributed by atoms with Crippen LogP contribution < -0.4 is 28.9 Å². The Kier molecular flexibility index (Phi) is 9.02. The SMILES string of the molecule is Cc1cc(OCC(C)C)ccc1PC(=O)c1c(C)cc(C(C)(C)C)cc1C.[H-].[Li+]. The van der Waals surface area contributed by atoms with Crippen molar-refractivity contribution >= 4 is 19.4 Å². The summed E-state index contributed by atoms with van der Waals surface area (Å²) in [4.78, 5) is 13.0. The van der Waals surface area contributed by atoms with Crippen molar-refractivity contribution in [3.63, 3.8) is 0 Å². The van der Waals surface area contributed by atoms with Crippen LogP contribution in [0.4, 0.5) is 0 Å². The van der Waals surface area contributed by atoms with E-state index in [9.17, 15) is 4.79 Å². The summed E-state index contributed by atoms with van der Waals surface area (Å²) in [6.07, 6.45) is 0. The predicted octanol–water partition coefficient (Wildman–Crippen LogP) is 3.20. The van der Waals surface area contributed by atoms with Crippen molar-refractivity contribution in [3.05, 3.63) is 58.1 Å². The molecule has 0 aliphatic rings. The number of rotatable bonds is 6. The molecule has 1 unspecified atom stereocenters. The minimum Gasteiger partial charge on any atom is -1.00 e. The number of carbonyl (C=O) groups excluding carboxylic acids is 1. The molecule has 0 fully saturated rings. The fraction of sp³-hybridized carbons (Fsp3) is 0.458. The first-order valence-corrected chi connectivity index (χ1v) is 10.7. The summed E-state index contributed by atoms with van der Waals surface area (Å²) >= 11 is 0. The standard InChI is InChI=1S/C24H33O2P.Li.H/c1-15(2)14-26-20-9-10-21(16(3)13-20)27-23(25)22-17(4)11-19(12-18(22)5)24(6,7)8;;/h9-13,15,27H,14H2,1-8H3;;/q;+1;-1. The van der Waals surface area contributed by atoms with Gasteiger partial charge in [-0.15, -0.1) is 0 Å². The molecule has 28 heavy (non-hydrogen) atoms. The average molecular weight is 392 g/mol. The van der Waals surface area contributed by atoms with E-state index < -0.39 is 0 Å². The summed E-state index contributed by atoms with van der Waals surface area (Å²) < 4.78 is 5.79. The van der Waals surface area contributed by atoms with E-state index >= 15 is 0 Å². The second kappa shape index (κ2) is 10.1. The van der Waals surface area contributed by atoms with Gasteiger partial charge in [0.2, 0.25) is 0 Å². The molecular weight excluding hydrogens is 358 g/mol. The Hall–Kier alpha value is -1.06. The third-order valence-electron chi connectivity index (χ3n) is 4.66. The molecule has 2 nitrogen and oxygen atoms in total. The Morgan fingerprint density at radius 2 is 1.61 bits per heavy atom. The van der Waals surface area contributed by atoms with E-state index in [1.165, 1.54) is 5.56 Å². The molecule has 0 saturated heterocycles. The molecule has 2 aromatic carbocycles. The van der Waals surface area contributed by atoms with Crippen LogP contribution in [-0.4, -0.2) is 12.1 Å². The van der Waals surface area contributed by atoms with Crippen LogP contribution in [0.15, 0.2) is 30.3 Å². The first-order valence-electron chi connectivity index (χ1n) is 9.65. The molecule has 148 valence electrons. The molecule has 2 aromatic rings. The third kappa shape index (κ3) is 6.49. The van der Waals surface area contributed by atoms with Gasteiger partial charge in [0.25, 0.3) is 0 Å². The fourth-order valence-corrected chi connectivity index (χ4v) is 4.27. The van der Waals surface area contributed by atoms with Crippen LogP contribution in [0.1, 0.15) is 68.7 Å². The van der Waals surface area contributed by atoms with Gasteiger partial charge < -0.3 is 6.16 Å². The number of hydrogen-bond donors (Lipinski definition) is 0. The summed E-state index contributed by atoms with van der Waals surface area (Å²) in [7, 11) is 0.130. The molecule has 0 saturated carbocycles. The second-order valence-corrected chi connectivity index (χ2v) is 10.1. The van der Waals surface area contributed by atoms with Crippen LogP contribution in [0.25, 0.3) is 0 Å². The van der Waals surface area contributed by atoms with Crippen molar-refractivity contribution in [2.45, 2.75) is 60.8 Å². The molecule has 0 amide bonds. The van der Waals surface area contributed by atoms with E-state index in [0.29, 0.717) is 12.5 Å². The molecule has 2 rings (SSSR count). The van der Waals surface area contributed by atoms with Crippen LogP contribution in [-0.2, 0) is 5.41 Å². The van der Waals surface area contributed by atoms with Crippen molar-refractivity contribution < 1.29 is 29.8 Å². The molecule has 0 radical (unpaired) electrons. The fourth-order valence-electron chi connectivity index (χ4n) is 3.07. The molecule has 1 atom stereocenters. The summed E-state index contributed by atoms with van der Waals surface area (Å²) in [6.45, 7) is 17.8. The topological polar surface area (TPSA) is 26.3 Å². The van der Waals surface area contributed by atoms with E-state index in [1.54, 1.807) is 0 Å². The Morgan fingerprint density at radius 1 is 1.04 bits per heavy atom. The number of ether oxygens (including phenoxy) is 1. The summed E-state index contributed by atoms with van der Waals surface area (Å²) in [5.74, 6) is 1.37. The summed E-state index contributed by atoms with van der Waals surface area (Å²) in [6, 6.07) is 10.4. The predicted molar refractivity (Wildman–Crippen MR) is 120 cm³/mol. The van der Waals surface area contributed by atoms with Gasteiger partial charge in [-0.25, -0.2) is 0 Å². The number of benzene rings is 2. The van der Waals surface area contributed by atoms with Gasteiger partial charge in [0.1, 0.15) is 5.75 Å². The zero-order valence-corrected chi connectivity index (χ0v) is 20.0. The first-order chi connectivity index (χ1) is 12.5. The minimum atomic E-state index is 0. The van der Waals surface area contributed by atoms with Crippen LogP contribution >= 0.6 is 8.58 Å². The molecule has 0 bridgehead atoms. The van der Waals surface area contributed by atoms with Crippen molar-refractivity contribution in [1.82, 2.24) is 0 Å². The van der Waals surface area contributed by atoms with E-state index in [0.717, 1.165) is 33.3 Å². The van der Waals surface area contributed by atoms with Crippen molar-refractivity contribution in [1.29, 1.82) is 0 Å². The molecule has 0 N–H and O–H groups in total. The molecule has 0 aliphatic carbocycles. The van der Waals surface area contributed by atoms with Gasteiger partial charge in [0, 0.05) is 5.56 Å². The zero-order valence-electron chi connectivity index (χ0n) is 20.0. The number of aryl methyl sites for hydroxylation is 3. The van der Waals surface area contributed by atoms with E-state index in [-0.39, 0.29) is 39.8 Å². The van der Waals surface area contributed by atoms with Crippen LogP contribution in [0.3, 0.4) is 0 Å². The Morgan fingerprint density at radius 3 is 2.07 bits per heavy atom. The maximum absolute atomic E-state index is 13.0. The molecule has 0 aromatic heterocycles. The van der Waals surface area contributed by atoms with Crippen molar-refractivity contribution in [2.75, 3.05) is 6.61 Å². The largest absolute Gasteiger partial charge is 1.00 e. The Labute approximate surface area is 186 Å². The van der Waals surface area contributed by atoms with Crippen LogP contribution in [0.5, 0.6) is 5.75 Å². The van der Waals surface area contributed by atoms with Gasteiger partial charge in [-0.05, 0) is 80.4 Å². The van der Waals surface area contributed by atoms with Crippen molar-refractivity contribution in [3.8, 4) is 5.75 Å². The minimum absolute atomic E-state index is 0. The van der Waals surface area contributed by atoms with E-state index in [1.807, 2.05) is 18.2 Å². The van der Waals surface area contributed by atoms with Gasteiger partial charge in [0.15, 0.2) is 5.52 Å². The molecular formula is C24H34LiO2P. The number of carbonyl (C=O) groups is 1. The van der Waals surface area contributed by atoms with E-state index in [4.69, 9.17) is 4.74 Å². The molecule has 4 heteroatoms. The first kappa shape index (κ1) is 25.0. The van der Waals surface area contributed by atoms with Crippen LogP contribution in [0, 0.1) is 26.7 Å². The Balaban J connectivity index is 0.00000392. The summed E-state index contributed by atoms with van der Waals surface area (Å²) in [5, 5.41) is 1.09. The maximum Gasteiger partial charge on any atom is 1.00 e. The normalized spacial score (nSPS) is 11.8. The monoisotopic (exact) mass is 392 g/mol. The van der Waals surface area contributed by atoms with Gasteiger partial charge in [0.05, 0.1) is 6.61 Å². The molecule has 0 aliphatic heterocycles. The average Bonchev–Trinajstić information content (AvgIpc) is 2.53. The summed E-state index contributed by atoms with van der Waals surface area (Å²) in [5.41, 5.74) is 5.72. The zero-order chi connectivity index (χ0) is 20.4. The van der Waals surface area contributed by atoms with Gasteiger partial charge >= 0.3 is 18.9 Å². The van der Waals surface area contributed by atoms with Crippen molar-refractivity contribution in [2.24, 2.45) is 5.92 Å². The van der Waals surface area contributed by atoms with Gasteiger partial charge in [-0.1, -0.05) is 52.8 Å². The third-order valence-corrected chi connectivity index (χ3v) is 5.96. The smallest absolute Gasteiger partial charge is 1.00 e. The maximum atomic E-state index is 13.0. The molecule has 0 spiro atoms. The quantitative estimate of drug-likeness (QED) is 0.558. The number of hydrogen-bond acceptors (Lipinski definition) is 2. The van der Waals surface area contributed by atoms with Gasteiger partial charge in [-0.2, -0.15) is 0 Å². The second-order valence-electron chi connectivity index (χ2n) is 8.87. The van der Waals surface area contributed by atoms with Gasteiger partial charge in [-0.3, -0.25) is 4.79 Å². The van der Waals surface area contributed by atoms with Crippen LogP contribution in [0.2, 0.25) is 0 Å². The Bertz CT molecular complexity index is 818.